The van der Waals surface area contributed by atoms with E-state index < -0.39 is 5.79 Å². The summed E-state index contributed by atoms with van der Waals surface area (Å²) < 4.78 is 8.36. The van der Waals surface area contributed by atoms with Crippen molar-refractivity contribution in [2.45, 2.75) is 5.79 Å². The van der Waals surface area contributed by atoms with Crippen LogP contribution in [0.2, 0.25) is 0 Å². The van der Waals surface area contributed by atoms with Crippen LogP contribution >= 0.6 is 0 Å². The van der Waals surface area contributed by atoms with Crippen LogP contribution < -0.4 is 0 Å². The number of hydrogen-bond donors (Lipinski definition) is 0. The van der Waals surface area contributed by atoms with E-state index in [1.54, 1.807) is 42.0 Å². The highest BCUT2D eigenvalue weighted by atomic mass is 16.6. The number of aryl methyl sites for hydroxylation is 2. The lowest BCUT2D eigenvalue weighted by Crippen LogP contribution is -2.33. The topological polar surface area (TPSA) is 64.8 Å². The SMILES string of the molecule is COC([O])(c1cncn1C)c1nccn1C. The summed E-state index contributed by atoms with van der Waals surface area (Å²) in [5.74, 6) is -1.53. The maximum Gasteiger partial charge on any atom is 0.303 e. The molecule has 0 N–H and O–H groups in total. The van der Waals surface area contributed by atoms with Crippen molar-refractivity contribution in [1.29, 1.82) is 0 Å². The Morgan fingerprint density at radius 2 is 2.12 bits per heavy atom. The molecule has 6 nitrogen and oxygen atoms in total. The van der Waals surface area contributed by atoms with Crippen molar-refractivity contribution in [1.82, 2.24) is 19.1 Å². The van der Waals surface area contributed by atoms with Gasteiger partial charge in [0.1, 0.15) is 5.69 Å². The molecule has 6 heteroatoms. The zero-order valence-electron chi connectivity index (χ0n) is 9.41. The minimum atomic E-state index is -1.83. The molecule has 2 aromatic heterocycles. The molecular formula is C10H13N4O2. The van der Waals surface area contributed by atoms with Crippen LogP contribution in [0.3, 0.4) is 0 Å². The number of nitrogens with zero attached hydrogens (tertiary/aromatic N) is 4. The summed E-state index contributed by atoms with van der Waals surface area (Å²) in [6.45, 7) is 0. The van der Waals surface area contributed by atoms with E-state index in [2.05, 4.69) is 9.97 Å². The third-order valence-corrected chi connectivity index (χ3v) is 2.56. The molecule has 1 unspecified atom stereocenters. The summed E-state index contributed by atoms with van der Waals surface area (Å²) in [6.07, 6.45) is 6.32. The Bertz CT molecular complexity index is 448. The number of ether oxygens (including phenoxy) is 1. The smallest absolute Gasteiger partial charge is 0.303 e. The molecule has 1 radical (unpaired) electrons. The summed E-state index contributed by atoms with van der Waals surface area (Å²) in [6, 6.07) is 0. The second kappa shape index (κ2) is 3.73. The average Bonchev–Trinajstić information content (AvgIpc) is 2.86. The largest absolute Gasteiger partial charge is 0.340 e. The van der Waals surface area contributed by atoms with Gasteiger partial charge in [0.15, 0.2) is 5.82 Å². The minimum Gasteiger partial charge on any atom is -0.340 e. The fourth-order valence-electron chi connectivity index (χ4n) is 1.67. The fourth-order valence-corrected chi connectivity index (χ4v) is 1.67. The molecule has 2 rings (SSSR count). The van der Waals surface area contributed by atoms with E-state index in [4.69, 9.17) is 4.74 Å². The van der Waals surface area contributed by atoms with Crippen molar-refractivity contribution in [2.24, 2.45) is 14.1 Å². The first kappa shape index (κ1) is 10.8. The molecule has 0 aliphatic heterocycles. The summed E-state index contributed by atoms with van der Waals surface area (Å²) in [7, 11) is 4.87. The molecule has 0 saturated heterocycles. The van der Waals surface area contributed by atoms with E-state index >= 15 is 0 Å². The lowest BCUT2D eigenvalue weighted by molar-refractivity contribution is -0.213. The molecule has 0 saturated carbocycles. The van der Waals surface area contributed by atoms with Crippen LogP contribution in [-0.2, 0) is 29.7 Å². The van der Waals surface area contributed by atoms with Gasteiger partial charge in [-0.3, -0.25) is 0 Å². The van der Waals surface area contributed by atoms with Gasteiger partial charge in [-0.25, -0.2) is 9.97 Å². The highest BCUT2D eigenvalue weighted by molar-refractivity contribution is 5.18. The summed E-state index contributed by atoms with van der Waals surface area (Å²) >= 11 is 0. The Morgan fingerprint density at radius 1 is 1.38 bits per heavy atom. The molecular weight excluding hydrogens is 208 g/mol. The van der Waals surface area contributed by atoms with Crippen LogP contribution in [0.5, 0.6) is 0 Å². The molecule has 0 aliphatic carbocycles. The zero-order valence-corrected chi connectivity index (χ0v) is 9.41. The Balaban J connectivity index is 2.57. The third-order valence-electron chi connectivity index (χ3n) is 2.56. The molecule has 0 amide bonds. The van der Waals surface area contributed by atoms with E-state index in [9.17, 15) is 5.11 Å². The number of methoxy groups -OCH3 is 1. The van der Waals surface area contributed by atoms with E-state index in [0.717, 1.165) is 0 Å². The van der Waals surface area contributed by atoms with Crippen LogP contribution in [0.1, 0.15) is 11.5 Å². The first-order valence-electron chi connectivity index (χ1n) is 4.79. The van der Waals surface area contributed by atoms with Gasteiger partial charge < -0.3 is 13.9 Å². The molecule has 1 atom stereocenters. The highest BCUT2D eigenvalue weighted by Crippen LogP contribution is 2.28. The molecule has 0 bridgehead atoms. The predicted octanol–water partition coefficient (Wildman–Crippen LogP) is 0.432. The lowest BCUT2D eigenvalue weighted by Gasteiger charge is -2.23. The maximum atomic E-state index is 12.7. The van der Waals surface area contributed by atoms with Crippen LogP contribution in [-0.4, -0.2) is 26.2 Å². The fraction of sp³-hybridized carbons (Fsp3) is 0.400. The summed E-state index contributed by atoms with van der Waals surface area (Å²) in [4.78, 5) is 7.96. The molecule has 85 valence electrons. The lowest BCUT2D eigenvalue weighted by atomic mass is 10.2. The number of imidazole rings is 2. The normalized spacial score (nSPS) is 15.0. The number of rotatable bonds is 3. The van der Waals surface area contributed by atoms with Crippen LogP contribution in [0.25, 0.3) is 0 Å². The third kappa shape index (κ3) is 1.43. The van der Waals surface area contributed by atoms with Crippen molar-refractivity contribution >= 4 is 0 Å². The van der Waals surface area contributed by atoms with Crippen molar-refractivity contribution in [2.75, 3.05) is 7.11 Å². The molecule has 2 aromatic rings. The molecule has 0 fully saturated rings. The van der Waals surface area contributed by atoms with Gasteiger partial charge in [-0.1, -0.05) is 0 Å². The molecule has 0 spiro atoms. The van der Waals surface area contributed by atoms with Gasteiger partial charge in [-0.05, 0) is 0 Å². The minimum absolute atomic E-state index is 0.304. The summed E-state index contributed by atoms with van der Waals surface area (Å²) in [5.41, 5.74) is 0.421. The first-order chi connectivity index (χ1) is 7.59. The molecule has 2 heterocycles. The quantitative estimate of drug-likeness (QED) is 0.706. The van der Waals surface area contributed by atoms with Gasteiger partial charge in [-0.2, -0.15) is 5.11 Å². The van der Waals surface area contributed by atoms with Crippen molar-refractivity contribution in [3.8, 4) is 0 Å². The van der Waals surface area contributed by atoms with Gasteiger partial charge in [0, 0.05) is 33.6 Å². The van der Waals surface area contributed by atoms with E-state index in [-0.39, 0.29) is 0 Å². The van der Waals surface area contributed by atoms with Crippen molar-refractivity contribution < 1.29 is 9.84 Å². The highest BCUT2D eigenvalue weighted by Gasteiger charge is 2.40. The van der Waals surface area contributed by atoms with Crippen LogP contribution in [0.4, 0.5) is 0 Å². The van der Waals surface area contributed by atoms with Gasteiger partial charge in [0.2, 0.25) is 0 Å². The van der Waals surface area contributed by atoms with Gasteiger partial charge in [0.05, 0.1) is 12.5 Å². The Hall–Kier alpha value is -1.66. The van der Waals surface area contributed by atoms with Crippen LogP contribution in [0, 0.1) is 0 Å². The second-order valence-corrected chi connectivity index (χ2v) is 3.57. The monoisotopic (exact) mass is 221 g/mol. The molecule has 16 heavy (non-hydrogen) atoms. The van der Waals surface area contributed by atoms with Gasteiger partial charge in [0.25, 0.3) is 0 Å². The first-order valence-corrected chi connectivity index (χ1v) is 4.79. The van der Waals surface area contributed by atoms with Crippen LogP contribution in [0.15, 0.2) is 24.9 Å². The van der Waals surface area contributed by atoms with E-state index in [0.29, 0.717) is 11.5 Å². The Morgan fingerprint density at radius 3 is 2.56 bits per heavy atom. The summed E-state index contributed by atoms with van der Waals surface area (Å²) in [5, 5.41) is 12.7. The number of hydrogen-bond acceptors (Lipinski definition) is 3. The van der Waals surface area contributed by atoms with Gasteiger partial charge >= 0.3 is 5.79 Å². The van der Waals surface area contributed by atoms with E-state index in [1.807, 2.05) is 0 Å². The Labute approximate surface area is 93.1 Å². The number of aromatic nitrogens is 4. The van der Waals surface area contributed by atoms with Crippen molar-refractivity contribution in [3.63, 3.8) is 0 Å². The second-order valence-electron chi connectivity index (χ2n) is 3.57. The zero-order chi connectivity index (χ0) is 11.8. The Kier molecular flexibility index (Phi) is 2.53. The van der Waals surface area contributed by atoms with E-state index in [1.165, 1.54) is 13.3 Å². The van der Waals surface area contributed by atoms with Crippen molar-refractivity contribution in [3.05, 3.63) is 36.4 Å². The maximum absolute atomic E-state index is 12.7. The van der Waals surface area contributed by atoms with Gasteiger partial charge in [-0.15, -0.1) is 0 Å². The standard InChI is InChI=1S/C10H13N4O2/c1-13-5-4-12-9(13)10(15,16-3)8-6-11-7-14(8)2/h4-7H,1-3H3. The predicted molar refractivity (Wildman–Crippen MR) is 54.9 cm³/mol. The molecule has 0 aromatic carbocycles. The average molecular weight is 221 g/mol. The molecule has 0 aliphatic rings.